The summed E-state index contributed by atoms with van der Waals surface area (Å²) >= 11 is 3.02. The molecule has 0 amide bonds. The molecule has 0 atom stereocenters. The molecule has 1 fully saturated rings. The molecular formula is C13H14BrF2NO2. The second-order valence-corrected chi connectivity index (χ2v) is 5.35. The molecule has 0 saturated heterocycles. The van der Waals surface area contributed by atoms with Crippen molar-refractivity contribution in [1.29, 1.82) is 0 Å². The summed E-state index contributed by atoms with van der Waals surface area (Å²) in [4.78, 5) is 0. The third-order valence-electron chi connectivity index (χ3n) is 3.25. The Hall–Kier alpha value is -1.01. The lowest BCUT2D eigenvalue weighted by Crippen LogP contribution is -2.22. The Morgan fingerprint density at radius 2 is 2.00 bits per heavy atom. The van der Waals surface area contributed by atoms with Gasteiger partial charge < -0.3 is 9.94 Å². The van der Waals surface area contributed by atoms with Crippen LogP contribution in [-0.2, 0) is 11.3 Å². The van der Waals surface area contributed by atoms with Crippen molar-refractivity contribution >= 4 is 21.6 Å². The van der Waals surface area contributed by atoms with E-state index < -0.39 is 11.6 Å². The zero-order valence-corrected chi connectivity index (χ0v) is 11.8. The van der Waals surface area contributed by atoms with E-state index in [2.05, 4.69) is 21.1 Å². The summed E-state index contributed by atoms with van der Waals surface area (Å²) in [6, 6.07) is 2.54. The molecule has 0 heterocycles. The van der Waals surface area contributed by atoms with E-state index >= 15 is 0 Å². The van der Waals surface area contributed by atoms with Crippen molar-refractivity contribution < 1.29 is 18.7 Å². The van der Waals surface area contributed by atoms with Crippen molar-refractivity contribution in [2.75, 3.05) is 0 Å². The van der Waals surface area contributed by atoms with Gasteiger partial charge in [-0.1, -0.05) is 5.16 Å². The van der Waals surface area contributed by atoms with Gasteiger partial charge in [0.1, 0.15) is 11.6 Å². The largest absolute Gasteiger partial charge is 0.411 e. The molecular weight excluding hydrogens is 320 g/mol. The van der Waals surface area contributed by atoms with Crippen LogP contribution in [0.5, 0.6) is 0 Å². The number of halogens is 3. The van der Waals surface area contributed by atoms with E-state index in [1.54, 1.807) is 0 Å². The maximum atomic E-state index is 13.7. The minimum atomic E-state index is -0.617. The van der Waals surface area contributed by atoms with Gasteiger partial charge in [-0.15, -0.1) is 0 Å². The summed E-state index contributed by atoms with van der Waals surface area (Å²) in [7, 11) is 0. The first-order valence-electron chi connectivity index (χ1n) is 6.05. The summed E-state index contributed by atoms with van der Waals surface area (Å²) in [6.07, 6.45) is 2.67. The van der Waals surface area contributed by atoms with E-state index in [1.165, 1.54) is 12.1 Å². The first-order valence-corrected chi connectivity index (χ1v) is 6.85. The summed E-state index contributed by atoms with van der Waals surface area (Å²) in [5, 5.41) is 11.8. The Balaban J connectivity index is 1.95. The Labute approximate surface area is 118 Å². The highest BCUT2D eigenvalue weighted by molar-refractivity contribution is 9.10. The smallest absolute Gasteiger partial charge is 0.145 e. The van der Waals surface area contributed by atoms with E-state index in [0.717, 1.165) is 5.71 Å². The molecule has 19 heavy (non-hydrogen) atoms. The second kappa shape index (κ2) is 6.43. The number of hydrogen-bond acceptors (Lipinski definition) is 3. The van der Waals surface area contributed by atoms with Crippen molar-refractivity contribution in [3.8, 4) is 0 Å². The van der Waals surface area contributed by atoms with E-state index in [4.69, 9.17) is 9.94 Å². The minimum Gasteiger partial charge on any atom is -0.411 e. The fraction of sp³-hybridized carbons (Fsp3) is 0.462. The molecule has 1 aromatic carbocycles. The zero-order chi connectivity index (χ0) is 13.8. The highest BCUT2D eigenvalue weighted by atomic mass is 79.9. The maximum Gasteiger partial charge on any atom is 0.145 e. The van der Waals surface area contributed by atoms with Crippen LogP contribution in [0.2, 0.25) is 0 Å². The lowest BCUT2D eigenvalue weighted by molar-refractivity contribution is 0.0248. The number of nitrogens with zero attached hydrogens (tertiary/aromatic N) is 1. The normalized spacial score (nSPS) is 19.5. The van der Waals surface area contributed by atoms with Crippen LogP contribution in [-0.4, -0.2) is 17.0 Å². The fourth-order valence-electron chi connectivity index (χ4n) is 2.09. The van der Waals surface area contributed by atoms with Crippen LogP contribution in [0.15, 0.2) is 21.8 Å². The van der Waals surface area contributed by atoms with Crippen molar-refractivity contribution in [3.63, 3.8) is 0 Å². The topological polar surface area (TPSA) is 41.8 Å². The highest BCUT2D eigenvalue weighted by Gasteiger charge is 2.20. The highest BCUT2D eigenvalue weighted by Crippen LogP contribution is 2.25. The molecule has 1 aliphatic carbocycles. The van der Waals surface area contributed by atoms with Gasteiger partial charge in [-0.2, -0.15) is 0 Å². The second-order valence-electron chi connectivity index (χ2n) is 4.50. The van der Waals surface area contributed by atoms with Crippen molar-refractivity contribution in [2.45, 2.75) is 38.4 Å². The average Bonchev–Trinajstić information content (AvgIpc) is 2.44. The first kappa shape index (κ1) is 14.4. The van der Waals surface area contributed by atoms with E-state index in [1.807, 2.05) is 0 Å². The molecule has 0 bridgehead atoms. The van der Waals surface area contributed by atoms with Crippen molar-refractivity contribution in [2.24, 2.45) is 5.16 Å². The SMILES string of the molecule is ON=C1CCC(OCc2c(F)ccc(Br)c2F)CC1. The molecule has 1 saturated carbocycles. The average molecular weight is 334 g/mol. The van der Waals surface area contributed by atoms with E-state index in [-0.39, 0.29) is 22.7 Å². The standard InChI is InChI=1S/C13H14BrF2NO2/c14-11-5-6-12(15)10(13(11)16)7-19-9-3-1-8(17-18)2-4-9/h5-6,9,18H,1-4,7H2. The van der Waals surface area contributed by atoms with E-state index in [0.29, 0.717) is 25.7 Å². The Morgan fingerprint density at radius 1 is 1.32 bits per heavy atom. The number of rotatable bonds is 3. The predicted molar refractivity (Wildman–Crippen MR) is 70.3 cm³/mol. The number of oxime groups is 1. The van der Waals surface area contributed by atoms with Gasteiger partial charge in [-0.3, -0.25) is 0 Å². The molecule has 0 unspecified atom stereocenters. The first-order chi connectivity index (χ1) is 9.11. The molecule has 3 nitrogen and oxygen atoms in total. The van der Waals surface area contributed by atoms with Gasteiger partial charge in [0.15, 0.2) is 0 Å². The van der Waals surface area contributed by atoms with Crippen molar-refractivity contribution in [3.05, 3.63) is 33.8 Å². The molecule has 0 spiro atoms. The van der Waals surface area contributed by atoms with Gasteiger partial charge in [0.05, 0.1) is 28.5 Å². The van der Waals surface area contributed by atoms with Crippen LogP contribution in [0.25, 0.3) is 0 Å². The molecule has 104 valence electrons. The van der Waals surface area contributed by atoms with Gasteiger partial charge in [-0.25, -0.2) is 8.78 Å². The molecule has 2 rings (SSSR count). The molecule has 1 aliphatic rings. The quantitative estimate of drug-likeness (QED) is 0.515. The fourth-order valence-corrected chi connectivity index (χ4v) is 2.47. The molecule has 1 N–H and O–H groups in total. The Bertz CT molecular complexity index is 484. The molecule has 1 aromatic rings. The van der Waals surface area contributed by atoms with Gasteiger partial charge in [0.25, 0.3) is 0 Å². The minimum absolute atomic E-state index is 0.0525. The van der Waals surface area contributed by atoms with Crippen LogP contribution >= 0.6 is 15.9 Å². The van der Waals surface area contributed by atoms with Crippen LogP contribution in [0.4, 0.5) is 8.78 Å². The van der Waals surface area contributed by atoms with Crippen LogP contribution in [0.1, 0.15) is 31.2 Å². The van der Waals surface area contributed by atoms with Gasteiger partial charge in [-0.05, 0) is 53.7 Å². The summed E-state index contributed by atoms with van der Waals surface area (Å²) < 4.78 is 33.0. The Kier molecular flexibility index (Phi) is 4.87. The third kappa shape index (κ3) is 3.51. The predicted octanol–water partition coefficient (Wildman–Crippen LogP) is 4.02. The summed E-state index contributed by atoms with van der Waals surface area (Å²) in [5.74, 6) is -1.22. The lowest BCUT2D eigenvalue weighted by atomic mass is 9.96. The van der Waals surface area contributed by atoms with Gasteiger partial charge in [0.2, 0.25) is 0 Å². The molecule has 0 aromatic heterocycles. The number of hydrogen-bond donors (Lipinski definition) is 1. The van der Waals surface area contributed by atoms with Gasteiger partial charge >= 0.3 is 0 Å². The van der Waals surface area contributed by atoms with Crippen LogP contribution in [0.3, 0.4) is 0 Å². The molecule has 0 radical (unpaired) electrons. The number of ether oxygens (including phenoxy) is 1. The van der Waals surface area contributed by atoms with Crippen molar-refractivity contribution in [1.82, 2.24) is 0 Å². The lowest BCUT2D eigenvalue weighted by Gasteiger charge is -2.23. The van der Waals surface area contributed by atoms with Crippen LogP contribution in [0, 0.1) is 11.6 Å². The Morgan fingerprint density at radius 3 is 2.63 bits per heavy atom. The molecule has 0 aliphatic heterocycles. The molecule has 6 heteroatoms. The van der Waals surface area contributed by atoms with E-state index in [9.17, 15) is 8.78 Å². The number of benzene rings is 1. The summed E-state index contributed by atoms with van der Waals surface area (Å²) in [5.41, 5.74) is 0.690. The maximum absolute atomic E-state index is 13.7. The summed E-state index contributed by atoms with van der Waals surface area (Å²) in [6.45, 7) is -0.0899. The van der Waals surface area contributed by atoms with Gasteiger partial charge in [0, 0.05) is 0 Å². The van der Waals surface area contributed by atoms with Crippen LogP contribution < -0.4 is 0 Å². The zero-order valence-electron chi connectivity index (χ0n) is 10.2. The monoisotopic (exact) mass is 333 g/mol. The third-order valence-corrected chi connectivity index (χ3v) is 3.87.